The van der Waals surface area contributed by atoms with E-state index in [-0.39, 0.29) is 57.0 Å². The molecule has 3 heterocycles. The molecule has 24 nitrogen and oxygen atoms in total. The molecule has 0 aliphatic carbocycles. The number of ether oxygens (including phenoxy) is 2. The predicted octanol–water partition coefficient (Wildman–Crippen LogP) is 1.71. The quantitative estimate of drug-likeness (QED) is 0.0264. The van der Waals surface area contributed by atoms with Gasteiger partial charge in [0.1, 0.15) is 31.7 Å². The van der Waals surface area contributed by atoms with Gasteiger partial charge in [0.25, 0.3) is 0 Å². The molecule has 1 fully saturated rings. The number of nitriles is 1. The molecule has 1 saturated heterocycles. The maximum Gasteiger partial charge on any atom is 0.413 e. The van der Waals surface area contributed by atoms with Crippen LogP contribution in [0.2, 0.25) is 0 Å². The average molecular weight is 831 g/mol. The zero-order chi connectivity index (χ0) is 41.2. The number of carbonyl (C=O) groups is 5. The zero-order valence-electron chi connectivity index (χ0n) is 30.1. The second-order valence-corrected chi connectivity index (χ2v) is 14.8. The number of amides is 6. The Hall–Kier alpha value is -5.99. The number of primary amides is 1. The van der Waals surface area contributed by atoms with Crippen molar-refractivity contribution in [1.82, 2.24) is 35.5 Å². The van der Waals surface area contributed by atoms with Gasteiger partial charge in [-0.2, -0.15) is 5.26 Å². The number of azide groups is 1. The van der Waals surface area contributed by atoms with Crippen LogP contribution < -0.4 is 32.3 Å². The molecule has 3 aromatic rings. The number of urea groups is 1. The Labute approximate surface area is 329 Å². The first-order chi connectivity index (χ1) is 27.4. The summed E-state index contributed by atoms with van der Waals surface area (Å²) < 4.78 is 23.6. The summed E-state index contributed by atoms with van der Waals surface area (Å²) in [5.74, 6) is -1.86. The first-order valence-corrected chi connectivity index (χ1v) is 19.7. The van der Waals surface area contributed by atoms with E-state index in [9.17, 15) is 28.9 Å². The van der Waals surface area contributed by atoms with Crippen LogP contribution in [-0.2, 0) is 51.3 Å². The van der Waals surface area contributed by atoms with Crippen molar-refractivity contribution in [2.24, 2.45) is 10.8 Å². The van der Waals surface area contributed by atoms with Crippen molar-refractivity contribution < 1.29 is 47.4 Å². The first-order valence-electron chi connectivity index (χ1n) is 17.1. The molecule has 4 atom stereocenters. The molecule has 1 aliphatic heterocycles. The molecular weight excluding hydrogens is 791 g/mol. The molecular formula is C31H39N14O10PS. The topological polar surface area (TPSA) is 345 Å². The third-order valence-corrected chi connectivity index (χ3v) is 9.42. The first kappa shape index (κ1) is 43.7. The van der Waals surface area contributed by atoms with Gasteiger partial charge in [0.15, 0.2) is 17.0 Å². The molecule has 1 aromatic carbocycles. The number of aromatic nitrogens is 4. The second-order valence-electron chi connectivity index (χ2n) is 11.9. The predicted molar refractivity (Wildman–Crippen MR) is 202 cm³/mol. The summed E-state index contributed by atoms with van der Waals surface area (Å²) in [6, 6.07) is 6.42. The number of rotatable bonds is 21. The van der Waals surface area contributed by atoms with E-state index in [0.29, 0.717) is 29.7 Å². The highest BCUT2D eigenvalue weighted by Crippen LogP contribution is 2.45. The highest BCUT2D eigenvalue weighted by atomic mass is 32.5. The van der Waals surface area contributed by atoms with Crippen molar-refractivity contribution >= 4 is 71.0 Å². The van der Waals surface area contributed by atoms with E-state index in [4.69, 9.17) is 46.9 Å². The molecule has 304 valence electrons. The van der Waals surface area contributed by atoms with E-state index in [0.717, 1.165) is 0 Å². The lowest BCUT2D eigenvalue weighted by atomic mass is 10.1. The van der Waals surface area contributed by atoms with E-state index < -0.39 is 68.0 Å². The Kier molecular flexibility index (Phi) is 16.8. The van der Waals surface area contributed by atoms with E-state index in [1.54, 1.807) is 28.8 Å². The third-order valence-electron chi connectivity index (χ3n) is 7.80. The molecule has 0 bridgehead atoms. The van der Waals surface area contributed by atoms with Crippen molar-refractivity contribution in [3.05, 3.63) is 52.9 Å². The maximum atomic E-state index is 13.1. The van der Waals surface area contributed by atoms with Gasteiger partial charge in [-0.3, -0.25) is 24.3 Å². The smallest absolute Gasteiger partial charge is 0.413 e. The lowest BCUT2D eigenvalue weighted by molar-refractivity contribution is -0.128. The van der Waals surface area contributed by atoms with Gasteiger partial charge in [-0.1, -0.05) is 17.2 Å². The Morgan fingerprint density at radius 3 is 2.67 bits per heavy atom. The van der Waals surface area contributed by atoms with Gasteiger partial charge in [0.2, 0.25) is 17.7 Å². The number of nitrogens with two attached hydrogens (primary N) is 1. The molecule has 2 aromatic heterocycles. The lowest BCUT2D eigenvalue weighted by Crippen LogP contribution is -2.48. The fraction of sp³-hybridized carbons (Fsp3) is 0.452. The molecule has 1 aliphatic rings. The number of benzene rings is 1. The number of hydrogen-bond donors (Lipinski definition) is 7. The Balaban J connectivity index is 1.27. The summed E-state index contributed by atoms with van der Waals surface area (Å²) in [5.41, 5.74) is 15.0. The van der Waals surface area contributed by atoms with Gasteiger partial charge in [-0.05, 0) is 60.7 Å². The van der Waals surface area contributed by atoms with Gasteiger partial charge >= 0.3 is 18.8 Å². The molecule has 4 rings (SSSR count). The standard InChI is InChI=1S/C31H39N14O10PS/c32-10-2-12-53-56(51,57)54-16-21-8-9-25(55-21)45-18-39-26-27(37-17-38-28(26)45)43-31(50)52-15-19-4-6-20(7-5-19)41-29(48)22(3-1-11-35-30(33)49)42-24(47)13-36-23(46)14-40-44-34/h4-7,17-18,21-22,25H,1-3,8-9,11-16H2,(H,36,46)(H,41,48)(H,42,47)(H,51,57)(H3,33,35,49)(H,37,38,43,50)/t21-,22?,25+,56?/m0/s1. The maximum absolute atomic E-state index is 13.1. The summed E-state index contributed by atoms with van der Waals surface area (Å²) in [5, 5.41) is 24.2. The fourth-order valence-electron chi connectivity index (χ4n) is 5.15. The summed E-state index contributed by atoms with van der Waals surface area (Å²) in [6.45, 7) is -4.54. The van der Waals surface area contributed by atoms with E-state index >= 15 is 0 Å². The lowest BCUT2D eigenvalue weighted by Gasteiger charge is -2.19. The number of hydrogen-bond acceptors (Lipinski definition) is 15. The number of nitrogens with zero attached hydrogens (tertiary/aromatic N) is 8. The number of nitrogens with one attached hydrogen (secondary N) is 5. The van der Waals surface area contributed by atoms with Gasteiger partial charge in [-0.15, -0.1) is 0 Å². The van der Waals surface area contributed by atoms with Crippen LogP contribution in [0.1, 0.15) is 43.9 Å². The van der Waals surface area contributed by atoms with Crippen LogP contribution in [0.15, 0.2) is 42.0 Å². The SMILES string of the molecule is N#CCCOP(O)(=S)OC[C@@H]1CC[C@H](n2cnc3c(NC(=O)OCc4ccc(NC(=O)C(CCCNC(N)=O)NC(=O)CNC(=O)CN=[N+]=[N-])cc4)ncnc32)O1. The summed E-state index contributed by atoms with van der Waals surface area (Å²) in [6.07, 6.45) is 2.64. The summed E-state index contributed by atoms with van der Waals surface area (Å²) >= 11 is 4.96. The minimum Gasteiger partial charge on any atom is -0.444 e. The molecule has 0 saturated carbocycles. The van der Waals surface area contributed by atoms with Crippen molar-refractivity contribution in [3.63, 3.8) is 0 Å². The van der Waals surface area contributed by atoms with Crippen molar-refractivity contribution in [1.29, 1.82) is 5.26 Å². The molecule has 6 amide bonds. The zero-order valence-corrected chi connectivity index (χ0v) is 31.8. The van der Waals surface area contributed by atoms with Gasteiger partial charge in [-0.25, -0.2) is 24.5 Å². The van der Waals surface area contributed by atoms with Gasteiger partial charge in [0, 0.05) is 17.1 Å². The largest absolute Gasteiger partial charge is 0.444 e. The van der Waals surface area contributed by atoms with Crippen LogP contribution in [0.4, 0.5) is 21.1 Å². The molecule has 57 heavy (non-hydrogen) atoms. The second kappa shape index (κ2) is 21.9. The molecule has 0 spiro atoms. The van der Waals surface area contributed by atoms with Gasteiger partial charge < -0.3 is 50.4 Å². The molecule has 8 N–H and O–H groups in total. The Morgan fingerprint density at radius 2 is 1.93 bits per heavy atom. The van der Waals surface area contributed by atoms with Gasteiger partial charge in [0.05, 0.1) is 44.7 Å². The van der Waals surface area contributed by atoms with Crippen LogP contribution >= 0.6 is 6.72 Å². The monoisotopic (exact) mass is 830 g/mol. The minimum absolute atomic E-state index is 0.0136. The van der Waals surface area contributed by atoms with Crippen LogP contribution in [0.25, 0.3) is 21.6 Å². The summed E-state index contributed by atoms with van der Waals surface area (Å²) in [7, 11) is 0. The number of imidazole rings is 1. The Morgan fingerprint density at radius 1 is 1.14 bits per heavy atom. The minimum atomic E-state index is -3.51. The van der Waals surface area contributed by atoms with Crippen LogP contribution in [0.5, 0.6) is 0 Å². The summed E-state index contributed by atoms with van der Waals surface area (Å²) in [4.78, 5) is 86.3. The fourth-order valence-corrected chi connectivity index (χ4v) is 6.30. The van der Waals surface area contributed by atoms with Crippen molar-refractivity contribution in [3.8, 4) is 6.07 Å². The third kappa shape index (κ3) is 14.5. The number of anilines is 2. The number of carbonyl (C=O) groups excluding carboxylic acids is 5. The van der Waals surface area contributed by atoms with Crippen molar-refractivity contribution in [2.45, 2.75) is 57.1 Å². The number of fused-ring (bicyclic) bond motifs is 1. The van der Waals surface area contributed by atoms with E-state index in [2.05, 4.69) is 51.6 Å². The molecule has 0 radical (unpaired) electrons. The van der Waals surface area contributed by atoms with Crippen LogP contribution in [0, 0.1) is 11.3 Å². The average Bonchev–Trinajstić information content (AvgIpc) is 3.84. The highest BCUT2D eigenvalue weighted by molar-refractivity contribution is 8.07. The van der Waals surface area contributed by atoms with Crippen molar-refractivity contribution in [2.75, 3.05) is 43.5 Å². The Bertz CT molecular complexity index is 2040. The normalized spacial score (nSPS) is 16.2. The van der Waals surface area contributed by atoms with Crippen LogP contribution in [0.3, 0.4) is 0 Å². The molecule has 26 heteroatoms. The van der Waals surface area contributed by atoms with Crippen LogP contribution in [-0.4, -0.2) is 99.3 Å². The van der Waals surface area contributed by atoms with E-state index in [1.165, 1.54) is 12.7 Å². The van der Waals surface area contributed by atoms with E-state index in [1.807, 2.05) is 6.07 Å². The highest BCUT2D eigenvalue weighted by Gasteiger charge is 2.30. The molecule has 2 unspecified atom stereocenters.